The zero-order valence-electron chi connectivity index (χ0n) is 18.5. The van der Waals surface area contributed by atoms with Gasteiger partial charge in [0, 0.05) is 28.6 Å². The molecule has 0 bridgehead atoms. The van der Waals surface area contributed by atoms with Gasteiger partial charge in [-0.3, -0.25) is 0 Å². The Balaban J connectivity index is 0.00000139. The Bertz CT molecular complexity index is 529. The summed E-state index contributed by atoms with van der Waals surface area (Å²) in [6.45, 7) is 5.34. The molecule has 0 aromatic rings. The van der Waals surface area contributed by atoms with Gasteiger partial charge in [0.05, 0.1) is 23.3 Å². The number of halogens is 1. The van der Waals surface area contributed by atoms with E-state index in [1.165, 1.54) is 83.5 Å². The number of unbranched alkanes of at least 4 members (excludes halogenated alkanes) is 11. The summed E-state index contributed by atoms with van der Waals surface area (Å²) < 4.78 is 33.3. The summed E-state index contributed by atoms with van der Waals surface area (Å²) in [5, 5.41) is 2.39. The topological polar surface area (TPSA) is 83.0 Å². The maximum atomic E-state index is 9.08. The summed E-state index contributed by atoms with van der Waals surface area (Å²) in [5.74, 6) is 3.17. The van der Waals surface area contributed by atoms with Crippen LogP contribution in [-0.4, -0.2) is 44.5 Å². The first-order valence-corrected chi connectivity index (χ1v) is 13.9. The number of rotatable bonds is 14. The van der Waals surface area contributed by atoms with Gasteiger partial charge >= 0.3 is 0 Å². The predicted octanol–water partition coefficient (Wildman–Crippen LogP) is 4.32. The van der Waals surface area contributed by atoms with Crippen molar-refractivity contribution in [2.45, 2.75) is 102 Å². The molecule has 0 amide bonds. The Hall–Kier alpha value is -0.130. The lowest BCUT2D eigenvalue weighted by Crippen LogP contribution is -2.91. The van der Waals surface area contributed by atoms with E-state index < -0.39 is 10.1 Å². The van der Waals surface area contributed by atoms with Crippen molar-refractivity contribution in [2.75, 3.05) is 26.0 Å². The molecule has 0 aliphatic carbocycles. The summed E-state index contributed by atoms with van der Waals surface area (Å²) in [5.41, 5.74) is 0.0114. The highest BCUT2D eigenvalue weighted by molar-refractivity contribution is 9.12. The van der Waals surface area contributed by atoms with Gasteiger partial charge in [-0.05, 0) is 11.3 Å². The second-order valence-corrected chi connectivity index (χ2v) is 9.91. The minimum absolute atomic E-state index is 0.0114. The lowest BCUT2D eigenvalue weighted by atomic mass is 9.91. The van der Waals surface area contributed by atoms with Crippen molar-refractivity contribution in [1.29, 1.82) is 0 Å². The van der Waals surface area contributed by atoms with Crippen LogP contribution in [0, 0.1) is 10.8 Å². The van der Waals surface area contributed by atoms with Crippen LogP contribution >= 0.6 is 15.9 Å². The molecule has 2 N–H and O–H groups in total. The van der Waals surface area contributed by atoms with Crippen molar-refractivity contribution < 1.29 is 23.0 Å². The number of ether oxygens (including phenoxy) is 1. The van der Waals surface area contributed by atoms with Crippen LogP contribution in [0.2, 0.25) is 0 Å². The van der Waals surface area contributed by atoms with Gasteiger partial charge in [0.15, 0.2) is 0 Å². The first-order valence-electron chi connectivity index (χ1n) is 11.3. The van der Waals surface area contributed by atoms with Gasteiger partial charge in [-0.2, -0.15) is 0 Å². The fourth-order valence-corrected chi connectivity index (χ4v) is 3.79. The number of quaternary nitrogens is 1. The Morgan fingerprint density at radius 3 is 1.90 bits per heavy atom. The standard InChI is InChI=1S/C21H38BrNO.CH4O3S/c1-2-3-4-5-6-7-8-9-10-11-12-13-15-21(16-14-17-22)20-23-18-19-24-21;1-5(2,3)4/h23H,2-13,15-16,18-20H2,1H3;1H3,(H,2,3,4). The van der Waals surface area contributed by atoms with Gasteiger partial charge in [0.1, 0.15) is 12.1 Å². The fourth-order valence-electron chi connectivity index (χ4n) is 3.65. The molecule has 29 heavy (non-hydrogen) atoms. The summed E-state index contributed by atoms with van der Waals surface area (Å²) in [4.78, 5) is 2.85. The normalized spacial score (nSPS) is 19.0. The zero-order valence-corrected chi connectivity index (χ0v) is 20.9. The van der Waals surface area contributed by atoms with Crippen molar-refractivity contribution in [1.82, 2.24) is 0 Å². The van der Waals surface area contributed by atoms with Gasteiger partial charge in [-0.15, -0.1) is 0 Å². The van der Waals surface area contributed by atoms with Crippen LogP contribution in [0.5, 0.6) is 0 Å². The van der Waals surface area contributed by atoms with Crippen LogP contribution < -0.4 is 5.32 Å². The van der Waals surface area contributed by atoms with E-state index in [1.54, 1.807) is 0 Å². The molecule has 1 fully saturated rings. The van der Waals surface area contributed by atoms with Gasteiger partial charge in [0.25, 0.3) is 0 Å². The minimum Gasteiger partial charge on any atom is -0.748 e. The lowest BCUT2D eigenvalue weighted by Gasteiger charge is -2.34. The van der Waals surface area contributed by atoms with Crippen LogP contribution in [0.3, 0.4) is 0 Å². The van der Waals surface area contributed by atoms with E-state index in [0.717, 1.165) is 26.1 Å². The summed E-state index contributed by atoms with van der Waals surface area (Å²) in [7, 11) is -3.92. The zero-order chi connectivity index (χ0) is 21.8. The molecule has 1 rings (SSSR count). The second kappa shape index (κ2) is 18.6. The van der Waals surface area contributed by atoms with E-state index in [9.17, 15) is 0 Å². The van der Waals surface area contributed by atoms with Crippen LogP contribution in [0.25, 0.3) is 0 Å². The predicted molar refractivity (Wildman–Crippen MR) is 123 cm³/mol. The number of hydrogen-bond acceptors (Lipinski definition) is 4. The number of nitrogens with two attached hydrogens (primary N) is 1. The molecule has 1 atom stereocenters. The van der Waals surface area contributed by atoms with Crippen LogP contribution in [0.15, 0.2) is 0 Å². The molecule has 5 nitrogen and oxygen atoms in total. The second-order valence-electron chi connectivity index (χ2n) is 8.10. The van der Waals surface area contributed by atoms with E-state index in [0.29, 0.717) is 6.26 Å². The highest BCUT2D eigenvalue weighted by Crippen LogP contribution is 2.24. The van der Waals surface area contributed by atoms with Gasteiger partial charge in [-0.25, -0.2) is 8.42 Å². The lowest BCUT2D eigenvalue weighted by molar-refractivity contribution is -0.686. The molecule has 0 aromatic carbocycles. The highest BCUT2D eigenvalue weighted by Gasteiger charge is 2.34. The molecule has 0 radical (unpaired) electrons. The van der Waals surface area contributed by atoms with Gasteiger partial charge in [0.2, 0.25) is 0 Å². The third-order valence-electron chi connectivity index (χ3n) is 5.21. The van der Waals surface area contributed by atoms with Crippen molar-refractivity contribution in [2.24, 2.45) is 0 Å². The van der Waals surface area contributed by atoms with E-state index >= 15 is 0 Å². The van der Waals surface area contributed by atoms with E-state index in [1.807, 2.05) is 0 Å². The molecule has 7 heteroatoms. The molecule has 172 valence electrons. The molecule has 1 aliphatic heterocycles. The Kier molecular flexibility index (Phi) is 18.5. The van der Waals surface area contributed by atoms with Crippen LogP contribution in [-0.2, 0) is 14.9 Å². The first-order chi connectivity index (χ1) is 13.8. The molecule has 1 aliphatic rings. The average Bonchev–Trinajstić information content (AvgIpc) is 2.67. The molecule has 1 heterocycles. The first kappa shape index (κ1) is 28.9. The molecular weight excluding hydrogens is 454 g/mol. The maximum Gasteiger partial charge on any atom is 0.128 e. The Labute approximate surface area is 188 Å². The quantitative estimate of drug-likeness (QED) is 0.221. The smallest absolute Gasteiger partial charge is 0.128 e. The van der Waals surface area contributed by atoms with E-state index in [4.69, 9.17) is 17.7 Å². The molecule has 1 unspecified atom stereocenters. The highest BCUT2D eigenvalue weighted by atomic mass is 79.9. The molecular formula is C22H42BrNO4S. The maximum absolute atomic E-state index is 9.08. The monoisotopic (exact) mass is 495 g/mol. The SMILES string of the molecule is CCCCCCCCCCCCCCC1(CC#CBr)C[NH2+]CCO1.CS(=O)(=O)[O-]. The van der Waals surface area contributed by atoms with E-state index in [2.05, 4.69) is 38.9 Å². The van der Waals surface area contributed by atoms with E-state index in [-0.39, 0.29) is 5.60 Å². The Morgan fingerprint density at radius 2 is 1.48 bits per heavy atom. The van der Waals surface area contributed by atoms with Gasteiger partial charge < -0.3 is 14.6 Å². The number of hydrogen-bond donors (Lipinski definition) is 1. The van der Waals surface area contributed by atoms with Crippen LogP contribution in [0.4, 0.5) is 0 Å². The number of morpholine rings is 1. The molecule has 0 spiro atoms. The summed E-state index contributed by atoms with van der Waals surface area (Å²) >= 11 is 3.21. The summed E-state index contributed by atoms with van der Waals surface area (Å²) in [6, 6.07) is 0. The summed E-state index contributed by atoms with van der Waals surface area (Å²) in [6.07, 6.45) is 19.5. The van der Waals surface area contributed by atoms with Crippen molar-refractivity contribution in [3.63, 3.8) is 0 Å². The largest absolute Gasteiger partial charge is 0.748 e. The third-order valence-corrected chi connectivity index (χ3v) is 5.49. The minimum atomic E-state index is -3.92. The molecule has 1 saturated heterocycles. The Morgan fingerprint density at radius 1 is 1.00 bits per heavy atom. The van der Waals surface area contributed by atoms with Crippen molar-refractivity contribution in [3.8, 4) is 10.8 Å². The fraction of sp³-hybridized carbons (Fsp3) is 0.909. The molecule has 0 saturated carbocycles. The van der Waals surface area contributed by atoms with Crippen LogP contribution in [0.1, 0.15) is 96.8 Å². The van der Waals surface area contributed by atoms with Crippen molar-refractivity contribution >= 4 is 26.0 Å². The molecule has 0 aromatic heterocycles. The average molecular weight is 497 g/mol. The third kappa shape index (κ3) is 20.9. The van der Waals surface area contributed by atoms with Crippen molar-refractivity contribution in [3.05, 3.63) is 0 Å². The van der Waals surface area contributed by atoms with Gasteiger partial charge in [-0.1, -0.05) is 89.9 Å².